The molecule has 5 rings (SSSR count). The second-order valence-electron chi connectivity index (χ2n) is 7.15. The SMILES string of the molecule is Cc1nc2c(C(=O)O)cc(N3CCOCC3)cc2n1-c1cc2ccccc2cn1. The molecule has 1 N–H and O–H groups in total. The fourth-order valence-electron chi connectivity index (χ4n) is 3.93. The number of benzene rings is 2. The minimum atomic E-state index is -0.985. The number of hydrogen-bond donors (Lipinski definition) is 1. The van der Waals surface area contributed by atoms with E-state index < -0.39 is 5.97 Å². The molecule has 1 aliphatic heterocycles. The van der Waals surface area contributed by atoms with Crippen LogP contribution in [0, 0.1) is 6.92 Å². The number of pyridine rings is 1. The molecule has 0 unspecified atom stereocenters. The fourth-order valence-corrected chi connectivity index (χ4v) is 3.93. The maximum absolute atomic E-state index is 12.0. The molecule has 146 valence electrons. The van der Waals surface area contributed by atoms with Gasteiger partial charge in [0, 0.05) is 30.4 Å². The summed E-state index contributed by atoms with van der Waals surface area (Å²) in [6.45, 7) is 4.59. The van der Waals surface area contributed by atoms with Gasteiger partial charge >= 0.3 is 5.97 Å². The van der Waals surface area contributed by atoms with Crippen molar-refractivity contribution in [2.75, 3.05) is 31.2 Å². The molecule has 0 amide bonds. The maximum atomic E-state index is 12.0. The lowest BCUT2D eigenvalue weighted by Crippen LogP contribution is -2.36. The third-order valence-electron chi connectivity index (χ3n) is 5.36. The minimum absolute atomic E-state index is 0.201. The van der Waals surface area contributed by atoms with Gasteiger partial charge in [0.15, 0.2) is 0 Å². The number of aryl methyl sites for hydroxylation is 1. The first-order valence-electron chi connectivity index (χ1n) is 9.56. The summed E-state index contributed by atoms with van der Waals surface area (Å²) in [5.41, 5.74) is 2.28. The molecule has 0 atom stereocenters. The van der Waals surface area contributed by atoms with E-state index in [1.54, 1.807) is 6.07 Å². The van der Waals surface area contributed by atoms with E-state index in [9.17, 15) is 9.90 Å². The van der Waals surface area contributed by atoms with Crippen molar-refractivity contribution in [3.63, 3.8) is 0 Å². The van der Waals surface area contributed by atoms with Gasteiger partial charge in [-0.25, -0.2) is 14.8 Å². The van der Waals surface area contributed by atoms with E-state index in [2.05, 4.69) is 14.9 Å². The van der Waals surface area contributed by atoms with Gasteiger partial charge in [-0.1, -0.05) is 24.3 Å². The average molecular weight is 388 g/mol. The molecule has 0 aliphatic carbocycles. The summed E-state index contributed by atoms with van der Waals surface area (Å²) in [5, 5.41) is 11.9. The average Bonchev–Trinajstić information content (AvgIpc) is 3.08. The van der Waals surface area contributed by atoms with Gasteiger partial charge in [-0.05, 0) is 30.5 Å². The first-order valence-corrected chi connectivity index (χ1v) is 9.56. The molecule has 29 heavy (non-hydrogen) atoms. The van der Waals surface area contributed by atoms with Crippen LogP contribution in [0.1, 0.15) is 16.2 Å². The number of carboxylic acid groups (broad SMARTS) is 1. The van der Waals surface area contributed by atoms with E-state index in [1.807, 2.05) is 54.1 Å². The lowest BCUT2D eigenvalue weighted by atomic mass is 10.1. The smallest absolute Gasteiger partial charge is 0.338 e. The number of carbonyl (C=O) groups is 1. The van der Waals surface area contributed by atoms with E-state index in [0.29, 0.717) is 24.6 Å². The number of rotatable bonds is 3. The number of anilines is 1. The largest absolute Gasteiger partial charge is 0.478 e. The number of hydrogen-bond acceptors (Lipinski definition) is 5. The summed E-state index contributed by atoms with van der Waals surface area (Å²) in [6.07, 6.45) is 1.83. The van der Waals surface area contributed by atoms with E-state index in [4.69, 9.17) is 4.74 Å². The topological polar surface area (TPSA) is 80.5 Å². The molecule has 2 aromatic carbocycles. The zero-order valence-electron chi connectivity index (χ0n) is 16.0. The van der Waals surface area contributed by atoms with Crippen LogP contribution in [0.5, 0.6) is 0 Å². The van der Waals surface area contributed by atoms with Gasteiger partial charge in [0.2, 0.25) is 0 Å². The highest BCUT2D eigenvalue weighted by Gasteiger charge is 2.21. The zero-order valence-corrected chi connectivity index (χ0v) is 16.0. The monoisotopic (exact) mass is 388 g/mol. The van der Waals surface area contributed by atoms with Crippen molar-refractivity contribution in [1.82, 2.24) is 14.5 Å². The van der Waals surface area contributed by atoms with Crippen molar-refractivity contribution in [3.8, 4) is 5.82 Å². The van der Waals surface area contributed by atoms with Gasteiger partial charge in [-0.3, -0.25) is 4.57 Å². The molecule has 1 aliphatic rings. The highest BCUT2D eigenvalue weighted by atomic mass is 16.5. The van der Waals surface area contributed by atoms with Gasteiger partial charge in [0.05, 0.1) is 24.3 Å². The number of fused-ring (bicyclic) bond motifs is 2. The number of imidazole rings is 1. The Morgan fingerprint density at radius 2 is 1.86 bits per heavy atom. The van der Waals surface area contributed by atoms with Gasteiger partial charge in [-0.15, -0.1) is 0 Å². The predicted octanol–water partition coefficient (Wildman–Crippen LogP) is 3.42. The van der Waals surface area contributed by atoms with Crippen LogP contribution in [-0.4, -0.2) is 51.9 Å². The maximum Gasteiger partial charge on any atom is 0.338 e. The Labute approximate surface area is 167 Å². The van der Waals surface area contributed by atoms with Crippen LogP contribution in [0.25, 0.3) is 27.6 Å². The lowest BCUT2D eigenvalue weighted by Gasteiger charge is -2.29. The molecule has 1 fully saturated rings. The Balaban J connectivity index is 1.75. The van der Waals surface area contributed by atoms with E-state index >= 15 is 0 Å². The van der Waals surface area contributed by atoms with Crippen LogP contribution in [-0.2, 0) is 4.74 Å². The fraction of sp³-hybridized carbons (Fsp3) is 0.227. The van der Waals surface area contributed by atoms with Gasteiger partial charge < -0.3 is 14.7 Å². The van der Waals surface area contributed by atoms with Crippen molar-refractivity contribution < 1.29 is 14.6 Å². The van der Waals surface area contributed by atoms with Crippen molar-refractivity contribution in [1.29, 1.82) is 0 Å². The molecule has 7 heteroatoms. The number of ether oxygens (including phenoxy) is 1. The number of morpholine rings is 1. The van der Waals surface area contributed by atoms with Crippen LogP contribution < -0.4 is 4.90 Å². The first kappa shape index (κ1) is 17.6. The molecule has 0 bridgehead atoms. The molecule has 0 saturated carbocycles. The summed E-state index contributed by atoms with van der Waals surface area (Å²) in [4.78, 5) is 23.3. The summed E-state index contributed by atoms with van der Waals surface area (Å²) in [5.74, 6) is 0.435. The second-order valence-corrected chi connectivity index (χ2v) is 7.15. The van der Waals surface area contributed by atoms with Crippen molar-refractivity contribution in [3.05, 3.63) is 60.0 Å². The third-order valence-corrected chi connectivity index (χ3v) is 5.36. The van der Waals surface area contributed by atoms with Gasteiger partial charge in [0.25, 0.3) is 0 Å². The molecule has 7 nitrogen and oxygen atoms in total. The predicted molar refractivity (Wildman–Crippen MR) is 111 cm³/mol. The highest BCUT2D eigenvalue weighted by molar-refractivity contribution is 6.03. The number of aromatic carboxylic acids is 1. The Hall–Kier alpha value is -3.45. The first-order chi connectivity index (χ1) is 14.1. The van der Waals surface area contributed by atoms with E-state index in [1.165, 1.54) is 0 Å². The van der Waals surface area contributed by atoms with Crippen molar-refractivity contribution in [2.24, 2.45) is 0 Å². The molecule has 3 heterocycles. The van der Waals surface area contributed by atoms with Gasteiger partial charge in [0.1, 0.15) is 17.2 Å². The Morgan fingerprint density at radius 1 is 1.10 bits per heavy atom. The summed E-state index contributed by atoms with van der Waals surface area (Å²) >= 11 is 0. The van der Waals surface area contributed by atoms with E-state index in [-0.39, 0.29) is 5.56 Å². The van der Waals surface area contributed by atoms with Crippen LogP contribution in [0.4, 0.5) is 5.69 Å². The van der Waals surface area contributed by atoms with Crippen LogP contribution in [0.3, 0.4) is 0 Å². The number of aromatic nitrogens is 3. The second kappa shape index (κ2) is 6.86. The Morgan fingerprint density at radius 3 is 2.62 bits per heavy atom. The summed E-state index contributed by atoms with van der Waals surface area (Å²) < 4.78 is 7.37. The number of nitrogens with zero attached hydrogens (tertiary/aromatic N) is 4. The van der Waals surface area contributed by atoms with Crippen molar-refractivity contribution >= 4 is 33.5 Å². The van der Waals surface area contributed by atoms with E-state index in [0.717, 1.165) is 40.9 Å². The standard InChI is InChI=1S/C22H20N4O3/c1-14-24-21-18(22(27)28)11-17(25-6-8-29-9-7-25)12-19(21)26(14)20-10-15-4-2-3-5-16(15)13-23-20/h2-5,10-13H,6-9H2,1H3,(H,27,28). The third kappa shape index (κ3) is 3.00. The quantitative estimate of drug-likeness (QED) is 0.579. The molecular formula is C22H20N4O3. The number of carboxylic acids is 1. The molecule has 2 aromatic heterocycles. The highest BCUT2D eigenvalue weighted by Crippen LogP contribution is 2.30. The Bertz CT molecular complexity index is 1240. The summed E-state index contributed by atoms with van der Waals surface area (Å²) in [7, 11) is 0. The minimum Gasteiger partial charge on any atom is -0.478 e. The van der Waals surface area contributed by atoms with Gasteiger partial charge in [-0.2, -0.15) is 0 Å². The molecule has 1 saturated heterocycles. The Kier molecular flexibility index (Phi) is 4.17. The molecule has 4 aromatic rings. The molecule has 0 radical (unpaired) electrons. The normalized spacial score (nSPS) is 14.6. The molecular weight excluding hydrogens is 368 g/mol. The van der Waals surface area contributed by atoms with Crippen molar-refractivity contribution in [2.45, 2.75) is 6.92 Å². The van der Waals surface area contributed by atoms with Crippen LogP contribution in [0.15, 0.2) is 48.7 Å². The zero-order chi connectivity index (χ0) is 20.0. The van der Waals surface area contributed by atoms with Crippen LogP contribution in [0.2, 0.25) is 0 Å². The molecule has 0 spiro atoms. The lowest BCUT2D eigenvalue weighted by molar-refractivity contribution is 0.0699. The summed E-state index contributed by atoms with van der Waals surface area (Å²) in [6, 6.07) is 13.7. The van der Waals surface area contributed by atoms with Crippen LogP contribution >= 0.6 is 0 Å².